The minimum Gasteiger partial charge on any atom is -0.467 e. The quantitative estimate of drug-likeness (QED) is 0.570. The van der Waals surface area contributed by atoms with Crippen LogP contribution >= 0.6 is 0 Å². The van der Waals surface area contributed by atoms with Crippen LogP contribution in [0.5, 0.6) is 0 Å². The van der Waals surface area contributed by atoms with E-state index in [1.54, 1.807) is 26.8 Å². The van der Waals surface area contributed by atoms with Crippen molar-refractivity contribution in [3.05, 3.63) is 12.2 Å². The molecule has 0 amide bonds. The Kier molecular flexibility index (Phi) is 3.62. The third kappa shape index (κ3) is 3.30. The maximum atomic E-state index is 11.8. The van der Waals surface area contributed by atoms with Gasteiger partial charge >= 0.3 is 11.9 Å². The van der Waals surface area contributed by atoms with E-state index in [0.29, 0.717) is 0 Å². The second-order valence-electron chi connectivity index (χ2n) is 5.24. The second kappa shape index (κ2) is 4.49. The number of carbonyl (C=O) groups is 2. The summed E-state index contributed by atoms with van der Waals surface area (Å²) in [6.45, 7) is 5.37. The summed E-state index contributed by atoms with van der Waals surface area (Å²) in [6.07, 6.45) is 3.30. The van der Waals surface area contributed by atoms with E-state index in [2.05, 4.69) is 4.74 Å². The molecule has 1 aliphatic carbocycles. The summed E-state index contributed by atoms with van der Waals surface area (Å²) in [5.74, 6) is -1.40. The summed E-state index contributed by atoms with van der Waals surface area (Å²) >= 11 is 0. The van der Waals surface area contributed by atoms with Gasteiger partial charge < -0.3 is 15.2 Å². The molecule has 0 aromatic rings. The lowest BCUT2D eigenvalue weighted by atomic mass is 9.96. The molecule has 0 aromatic carbocycles. The molecular weight excluding hydrogens is 222 g/mol. The molecule has 0 heterocycles. The minimum atomic E-state index is -1.21. The molecule has 2 atom stereocenters. The number of carbonyl (C=O) groups excluding carboxylic acids is 2. The highest BCUT2D eigenvalue weighted by Crippen LogP contribution is 2.28. The molecule has 0 bridgehead atoms. The van der Waals surface area contributed by atoms with Crippen LogP contribution < -0.4 is 5.73 Å². The van der Waals surface area contributed by atoms with Crippen molar-refractivity contribution >= 4 is 11.9 Å². The average molecular weight is 241 g/mol. The summed E-state index contributed by atoms with van der Waals surface area (Å²) in [6, 6.07) is 0. The van der Waals surface area contributed by atoms with Gasteiger partial charge in [0.05, 0.1) is 13.0 Å². The lowest BCUT2D eigenvalue weighted by Crippen LogP contribution is -2.46. The molecule has 1 rings (SSSR count). The number of ether oxygens (including phenoxy) is 2. The number of esters is 2. The van der Waals surface area contributed by atoms with Gasteiger partial charge in [0.25, 0.3) is 0 Å². The molecule has 0 saturated carbocycles. The molecule has 5 nitrogen and oxygen atoms in total. The monoisotopic (exact) mass is 241 g/mol. The zero-order chi connectivity index (χ0) is 13.3. The van der Waals surface area contributed by atoms with Crippen LogP contribution in [0.25, 0.3) is 0 Å². The molecule has 0 saturated heterocycles. The predicted molar refractivity (Wildman–Crippen MR) is 62.0 cm³/mol. The first-order valence-electron chi connectivity index (χ1n) is 5.47. The Morgan fingerprint density at radius 2 is 2.00 bits per heavy atom. The molecule has 5 heteroatoms. The van der Waals surface area contributed by atoms with Crippen LogP contribution in [0.15, 0.2) is 12.2 Å². The standard InChI is InChI=1S/C12H19NO4/c1-11(2,3)17-9(14)8-5-6-12(13,7-8)10(15)16-4/h5-6,8H,7,13H2,1-4H3/t8-,12+/m0/s1. The Balaban J connectivity index is 2.66. The first-order chi connectivity index (χ1) is 7.68. The van der Waals surface area contributed by atoms with Gasteiger partial charge in [0.2, 0.25) is 0 Å². The van der Waals surface area contributed by atoms with Crippen LogP contribution in [0.2, 0.25) is 0 Å². The van der Waals surface area contributed by atoms with E-state index in [1.165, 1.54) is 13.2 Å². The zero-order valence-corrected chi connectivity index (χ0v) is 10.6. The van der Waals surface area contributed by atoms with Gasteiger partial charge in [-0.05, 0) is 27.2 Å². The Morgan fingerprint density at radius 3 is 2.47 bits per heavy atom. The van der Waals surface area contributed by atoms with E-state index in [0.717, 1.165) is 0 Å². The number of methoxy groups -OCH3 is 1. The lowest BCUT2D eigenvalue weighted by Gasteiger charge is -2.23. The summed E-state index contributed by atoms with van der Waals surface area (Å²) in [5, 5.41) is 0. The molecule has 0 unspecified atom stereocenters. The smallest absolute Gasteiger partial charge is 0.329 e. The highest BCUT2D eigenvalue weighted by atomic mass is 16.6. The van der Waals surface area contributed by atoms with Gasteiger partial charge in [-0.25, -0.2) is 4.79 Å². The van der Waals surface area contributed by atoms with Gasteiger partial charge in [-0.15, -0.1) is 0 Å². The Morgan fingerprint density at radius 1 is 1.41 bits per heavy atom. The first kappa shape index (κ1) is 13.7. The van der Waals surface area contributed by atoms with E-state index in [4.69, 9.17) is 10.5 Å². The van der Waals surface area contributed by atoms with Crippen molar-refractivity contribution in [2.24, 2.45) is 11.7 Å². The zero-order valence-electron chi connectivity index (χ0n) is 10.6. The third-order valence-corrected chi connectivity index (χ3v) is 2.46. The van der Waals surface area contributed by atoms with E-state index in [-0.39, 0.29) is 12.4 Å². The number of hydrogen-bond donors (Lipinski definition) is 1. The Bertz CT molecular complexity index is 356. The summed E-state index contributed by atoms with van der Waals surface area (Å²) in [5.41, 5.74) is 4.08. The van der Waals surface area contributed by atoms with Crippen molar-refractivity contribution < 1.29 is 19.1 Å². The molecule has 0 radical (unpaired) electrons. The maximum absolute atomic E-state index is 11.8. The van der Waals surface area contributed by atoms with Crippen LogP contribution in [-0.4, -0.2) is 30.2 Å². The van der Waals surface area contributed by atoms with Crippen molar-refractivity contribution in [1.82, 2.24) is 0 Å². The Hall–Kier alpha value is -1.36. The van der Waals surface area contributed by atoms with Crippen molar-refractivity contribution in [3.8, 4) is 0 Å². The second-order valence-corrected chi connectivity index (χ2v) is 5.24. The van der Waals surface area contributed by atoms with E-state index in [9.17, 15) is 9.59 Å². The Labute approximate surface area is 101 Å². The molecule has 2 N–H and O–H groups in total. The third-order valence-electron chi connectivity index (χ3n) is 2.46. The molecule has 0 fully saturated rings. The van der Waals surface area contributed by atoms with Crippen LogP contribution in [-0.2, 0) is 19.1 Å². The fraction of sp³-hybridized carbons (Fsp3) is 0.667. The van der Waals surface area contributed by atoms with E-state index in [1.807, 2.05) is 0 Å². The molecule has 1 aliphatic rings. The number of nitrogens with two attached hydrogens (primary N) is 1. The molecular formula is C12H19NO4. The van der Waals surface area contributed by atoms with Gasteiger partial charge in [-0.2, -0.15) is 0 Å². The van der Waals surface area contributed by atoms with Gasteiger partial charge in [0.1, 0.15) is 11.1 Å². The lowest BCUT2D eigenvalue weighted by molar-refractivity contribution is -0.158. The minimum absolute atomic E-state index is 0.189. The van der Waals surface area contributed by atoms with Gasteiger partial charge in [0.15, 0.2) is 0 Å². The summed E-state index contributed by atoms with van der Waals surface area (Å²) < 4.78 is 9.83. The van der Waals surface area contributed by atoms with E-state index < -0.39 is 23.0 Å². The molecule has 0 spiro atoms. The maximum Gasteiger partial charge on any atom is 0.329 e. The van der Waals surface area contributed by atoms with Crippen LogP contribution in [0.4, 0.5) is 0 Å². The highest BCUT2D eigenvalue weighted by molar-refractivity contribution is 5.87. The fourth-order valence-electron chi connectivity index (χ4n) is 1.67. The topological polar surface area (TPSA) is 78.6 Å². The van der Waals surface area contributed by atoms with Gasteiger partial charge in [-0.1, -0.05) is 12.2 Å². The van der Waals surface area contributed by atoms with Gasteiger partial charge in [0, 0.05) is 0 Å². The molecule has 17 heavy (non-hydrogen) atoms. The SMILES string of the molecule is COC(=O)[C@@]1(N)C=C[C@H](C(=O)OC(C)(C)C)C1. The molecule has 0 aliphatic heterocycles. The average Bonchev–Trinajstić information content (AvgIpc) is 2.58. The van der Waals surface area contributed by atoms with Crippen LogP contribution in [0.3, 0.4) is 0 Å². The van der Waals surface area contributed by atoms with E-state index >= 15 is 0 Å². The van der Waals surface area contributed by atoms with Crippen LogP contribution in [0, 0.1) is 5.92 Å². The van der Waals surface area contributed by atoms with Crippen molar-refractivity contribution in [2.75, 3.05) is 7.11 Å². The largest absolute Gasteiger partial charge is 0.467 e. The van der Waals surface area contributed by atoms with Crippen LogP contribution in [0.1, 0.15) is 27.2 Å². The predicted octanol–water partition coefficient (Wildman–Crippen LogP) is 0.775. The van der Waals surface area contributed by atoms with Crippen molar-refractivity contribution in [3.63, 3.8) is 0 Å². The fourth-order valence-corrected chi connectivity index (χ4v) is 1.67. The van der Waals surface area contributed by atoms with Crippen molar-refractivity contribution in [1.29, 1.82) is 0 Å². The van der Waals surface area contributed by atoms with Gasteiger partial charge in [-0.3, -0.25) is 4.79 Å². The molecule has 96 valence electrons. The summed E-state index contributed by atoms with van der Waals surface area (Å²) in [7, 11) is 1.27. The van der Waals surface area contributed by atoms with Crippen molar-refractivity contribution in [2.45, 2.75) is 38.3 Å². The number of rotatable bonds is 2. The first-order valence-corrected chi connectivity index (χ1v) is 5.47. The highest BCUT2D eigenvalue weighted by Gasteiger charge is 2.42. The normalized spacial score (nSPS) is 27.9. The number of hydrogen-bond acceptors (Lipinski definition) is 5. The molecule has 0 aromatic heterocycles. The summed E-state index contributed by atoms with van der Waals surface area (Å²) in [4.78, 5) is 23.2.